The molecule has 2 atom stereocenters. The summed E-state index contributed by atoms with van der Waals surface area (Å²) in [5.41, 5.74) is 1.38. The van der Waals surface area contributed by atoms with Crippen LogP contribution >= 0.6 is 11.6 Å². The summed E-state index contributed by atoms with van der Waals surface area (Å²) in [7, 11) is 0. The van der Waals surface area contributed by atoms with Crippen molar-refractivity contribution in [3.63, 3.8) is 0 Å². The normalized spacial score (nSPS) is 20.4. The van der Waals surface area contributed by atoms with E-state index >= 15 is 0 Å². The zero-order valence-electron chi connectivity index (χ0n) is 11.3. The second-order valence-electron chi connectivity index (χ2n) is 5.39. The van der Waals surface area contributed by atoms with Crippen LogP contribution in [0.3, 0.4) is 0 Å². The van der Waals surface area contributed by atoms with Crippen molar-refractivity contribution in [3.8, 4) is 0 Å². The summed E-state index contributed by atoms with van der Waals surface area (Å²) >= 11 is 6.10. The molecule has 21 heavy (non-hydrogen) atoms. The van der Waals surface area contributed by atoms with Crippen LogP contribution < -0.4 is 5.32 Å². The summed E-state index contributed by atoms with van der Waals surface area (Å²) in [4.78, 5) is 0. The molecule has 1 saturated carbocycles. The van der Waals surface area contributed by atoms with Gasteiger partial charge in [0.25, 0.3) is 0 Å². The number of nitrogens with zero attached hydrogens (tertiary/aromatic N) is 2. The van der Waals surface area contributed by atoms with Gasteiger partial charge in [0.05, 0.1) is 0 Å². The van der Waals surface area contributed by atoms with Gasteiger partial charge in [-0.25, -0.2) is 0 Å². The van der Waals surface area contributed by atoms with Crippen molar-refractivity contribution in [2.24, 2.45) is 0 Å². The second-order valence-corrected chi connectivity index (χ2v) is 5.75. The Hall–Kier alpha value is -2.13. The second kappa shape index (κ2) is 5.01. The Labute approximate surface area is 128 Å². The van der Waals surface area contributed by atoms with Crippen molar-refractivity contribution in [1.82, 2.24) is 10.2 Å². The zero-order valence-corrected chi connectivity index (χ0v) is 12.1. The summed E-state index contributed by atoms with van der Waals surface area (Å²) in [5, 5.41) is 14.2. The van der Waals surface area contributed by atoms with E-state index in [1.54, 1.807) is 0 Å². The molecule has 1 fully saturated rings. The van der Waals surface area contributed by atoms with Crippen LogP contribution in [0, 0.1) is 0 Å². The molecule has 2 aromatic carbocycles. The van der Waals surface area contributed by atoms with E-state index < -0.39 is 0 Å². The standard InChI is InChI=1S/C17H14ClN3/c18-16-12-8-4-5-9-13(12)17(21-20-16)19-15-10-14(15)11-6-2-1-3-7-11/h1-9,14-15H,10H2,(H,19,21). The Kier molecular flexibility index (Phi) is 3.00. The van der Waals surface area contributed by atoms with Crippen LogP contribution in [0.2, 0.25) is 5.15 Å². The Bertz CT molecular complexity index is 788. The maximum absolute atomic E-state index is 6.10. The van der Waals surface area contributed by atoms with Crippen molar-refractivity contribution in [2.45, 2.75) is 18.4 Å². The highest BCUT2D eigenvalue weighted by Crippen LogP contribution is 2.43. The summed E-state index contributed by atoms with van der Waals surface area (Å²) in [6.07, 6.45) is 1.13. The van der Waals surface area contributed by atoms with Gasteiger partial charge in [-0.15, -0.1) is 10.2 Å². The van der Waals surface area contributed by atoms with Crippen molar-refractivity contribution < 1.29 is 0 Å². The van der Waals surface area contributed by atoms with E-state index in [4.69, 9.17) is 11.6 Å². The molecule has 0 amide bonds. The van der Waals surface area contributed by atoms with Crippen LogP contribution in [0.15, 0.2) is 54.6 Å². The number of benzene rings is 2. The summed E-state index contributed by atoms with van der Waals surface area (Å²) in [6, 6.07) is 19.0. The van der Waals surface area contributed by atoms with Crippen LogP contribution in [-0.4, -0.2) is 16.2 Å². The van der Waals surface area contributed by atoms with Crippen molar-refractivity contribution in [1.29, 1.82) is 0 Å². The van der Waals surface area contributed by atoms with E-state index in [2.05, 4.69) is 39.8 Å². The Morgan fingerprint density at radius 1 is 0.905 bits per heavy atom. The molecule has 4 rings (SSSR count). The molecular weight excluding hydrogens is 282 g/mol. The highest BCUT2D eigenvalue weighted by molar-refractivity contribution is 6.34. The lowest BCUT2D eigenvalue weighted by Gasteiger charge is -2.08. The quantitative estimate of drug-likeness (QED) is 0.785. The third-order valence-corrected chi connectivity index (χ3v) is 4.26. The Balaban J connectivity index is 1.61. The molecule has 1 N–H and O–H groups in total. The smallest absolute Gasteiger partial charge is 0.159 e. The number of nitrogens with one attached hydrogen (secondary N) is 1. The number of hydrogen-bond donors (Lipinski definition) is 1. The van der Waals surface area contributed by atoms with Crippen molar-refractivity contribution >= 4 is 28.2 Å². The maximum Gasteiger partial charge on any atom is 0.159 e. The fourth-order valence-corrected chi connectivity index (χ4v) is 2.98. The van der Waals surface area contributed by atoms with E-state index in [0.29, 0.717) is 17.1 Å². The van der Waals surface area contributed by atoms with Crippen molar-refractivity contribution in [3.05, 3.63) is 65.3 Å². The number of aromatic nitrogens is 2. The Morgan fingerprint density at radius 2 is 1.62 bits per heavy atom. The van der Waals surface area contributed by atoms with E-state index in [1.807, 2.05) is 30.3 Å². The third kappa shape index (κ3) is 2.34. The first kappa shape index (κ1) is 12.6. The topological polar surface area (TPSA) is 37.8 Å². The first-order chi connectivity index (χ1) is 10.3. The third-order valence-electron chi connectivity index (χ3n) is 3.98. The minimum Gasteiger partial charge on any atom is -0.365 e. The lowest BCUT2D eigenvalue weighted by molar-refractivity contribution is 0.990. The minimum atomic E-state index is 0.422. The molecule has 0 spiro atoms. The van der Waals surface area contributed by atoms with Gasteiger partial charge in [-0.3, -0.25) is 0 Å². The monoisotopic (exact) mass is 295 g/mol. The van der Waals surface area contributed by atoms with Gasteiger partial charge in [-0.05, 0) is 12.0 Å². The predicted molar refractivity (Wildman–Crippen MR) is 85.8 cm³/mol. The minimum absolute atomic E-state index is 0.422. The van der Waals surface area contributed by atoms with Gasteiger partial charge in [-0.2, -0.15) is 0 Å². The average molecular weight is 296 g/mol. The first-order valence-corrected chi connectivity index (χ1v) is 7.43. The molecule has 4 heteroatoms. The van der Waals surface area contributed by atoms with Crippen LogP contribution in [0.1, 0.15) is 17.9 Å². The molecule has 0 saturated heterocycles. The first-order valence-electron chi connectivity index (χ1n) is 7.05. The number of rotatable bonds is 3. The average Bonchev–Trinajstić information content (AvgIpc) is 3.31. The molecule has 2 unspecified atom stereocenters. The summed E-state index contributed by atoms with van der Waals surface area (Å²) in [6.45, 7) is 0. The predicted octanol–water partition coefficient (Wildman–Crippen LogP) is 4.25. The van der Waals surface area contributed by atoms with E-state index in [9.17, 15) is 0 Å². The van der Waals surface area contributed by atoms with Gasteiger partial charge in [0.1, 0.15) is 0 Å². The number of fused-ring (bicyclic) bond motifs is 1. The highest BCUT2D eigenvalue weighted by atomic mass is 35.5. The maximum atomic E-state index is 6.10. The largest absolute Gasteiger partial charge is 0.365 e. The van der Waals surface area contributed by atoms with E-state index in [-0.39, 0.29) is 0 Å². The van der Waals surface area contributed by atoms with Crippen LogP contribution in [-0.2, 0) is 0 Å². The van der Waals surface area contributed by atoms with Crippen LogP contribution in [0.5, 0.6) is 0 Å². The molecule has 3 aromatic rings. The van der Waals surface area contributed by atoms with Gasteiger partial charge in [0.15, 0.2) is 11.0 Å². The number of hydrogen-bond acceptors (Lipinski definition) is 3. The molecule has 0 radical (unpaired) electrons. The van der Waals surface area contributed by atoms with Gasteiger partial charge in [0, 0.05) is 22.7 Å². The van der Waals surface area contributed by atoms with Gasteiger partial charge >= 0.3 is 0 Å². The fraction of sp³-hybridized carbons (Fsp3) is 0.176. The van der Waals surface area contributed by atoms with Crippen molar-refractivity contribution in [2.75, 3.05) is 5.32 Å². The number of anilines is 1. The molecule has 1 aliphatic carbocycles. The molecule has 1 aromatic heterocycles. The van der Waals surface area contributed by atoms with E-state index in [1.165, 1.54) is 5.56 Å². The molecule has 0 bridgehead atoms. The zero-order chi connectivity index (χ0) is 14.2. The van der Waals surface area contributed by atoms with Crippen LogP contribution in [0.25, 0.3) is 10.8 Å². The summed E-state index contributed by atoms with van der Waals surface area (Å²) < 4.78 is 0. The molecular formula is C17H14ClN3. The Morgan fingerprint density at radius 3 is 2.43 bits per heavy atom. The number of halogens is 1. The fourth-order valence-electron chi connectivity index (χ4n) is 2.78. The van der Waals surface area contributed by atoms with Gasteiger partial charge < -0.3 is 5.32 Å². The lowest BCUT2D eigenvalue weighted by atomic mass is 10.1. The SMILES string of the molecule is Clc1nnc(NC2CC2c2ccccc2)c2ccccc12. The van der Waals surface area contributed by atoms with Crippen LogP contribution in [0.4, 0.5) is 5.82 Å². The lowest BCUT2D eigenvalue weighted by Crippen LogP contribution is -2.07. The molecule has 1 aliphatic rings. The highest BCUT2D eigenvalue weighted by Gasteiger charge is 2.38. The molecule has 1 heterocycles. The van der Waals surface area contributed by atoms with Gasteiger partial charge in [-0.1, -0.05) is 66.2 Å². The molecule has 0 aliphatic heterocycles. The molecule has 104 valence electrons. The van der Waals surface area contributed by atoms with Gasteiger partial charge in [0.2, 0.25) is 0 Å². The van der Waals surface area contributed by atoms with E-state index in [0.717, 1.165) is 23.0 Å². The molecule has 3 nitrogen and oxygen atoms in total. The summed E-state index contributed by atoms with van der Waals surface area (Å²) in [5.74, 6) is 1.38.